The molecule has 386 valence electrons. The lowest BCUT2D eigenvalue weighted by Crippen LogP contribution is -2.34. The van der Waals surface area contributed by atoms with Gasteiger partial charge in [0.15, 0.2) is 0 Å². The molecule has 4 atom stereocenters. The summed E-state index contributed by atoms with van der Waals surface area (Å²) in [5.41, 5.74) is 8.22. The maximum atomic E-state index is 14.6. The number of anilines is 2. The molecule has 1 aliphatic carbocycles. The number of carbonyl (C=O) groups is 3. The van der Waals surface area contributed by atoms with Crippen molar-refractivity contribution in [1.29, 1.82) is 0 Å². The van der Waals surface area contributed by atoms with E-state index in [1.165, 1.54) is 15.0 Å². The van der Waals surface area contributed by atoms with Gasteiger partial charge in [-0.2, -0.15) is 0 Å². The second-order valence-corrected chi connectivity index (χ2v) is 25.3. The van der Waals surface area contributed by atoms with Crippen LogP contribution in [0.2, 0.25) is 0 Å². The predicted octanol–water partition coefficient (Wildman–Crippen LogP) is 11.1. The second-order valence-electron chi connectivity index (χ2n) is 21.6. The number of aliphatic carboxylic acids is 2. The van der Waals surface area contributed by atoms with Gasteiger partial charge in [0, 0.05) is 36.4 Å². The first kappa shape index (κ1) is 54.1. The highest BCUT2D eigenvalue weighted by Crippen LogP contribution is 2.52. The molecule has 1 amide bonds. The monoisotopic (exact) mass is 1070 g/mol. The average Bonchev–Trinajstić information content (AvgIpc) is 4.15. The van der Waals surface area contributed by atoms with Gasteiger partial charge in [-0.3, -0.25) is 38.0 Å². The summed E-state index contributed by atoms with van der Waals surface area (Å²) >= 11 is 8.81. The first-order chi connectivity index (χ1) is 35.2. The van der Waals surface area contributed by atoms with Crippen molar-refractivity contribution < 1.29 is 24.6 Å². The molecule has 2 N–H and O–H groups in total. The number of thiocarbonyl (C=S) groups is 1. The van der Waals surface area contributed by atoms with Crippen LogP contribution in [0.5, 0.6) is 0 Å². The minimum absolute atomic E-state index is 0.100. The van der Waals surface area contributed by atoms with E-state index in [9.17, 15) is 34.2 Å². The summed E-state index contributed by atoms with van der Waals surface area (Å²) in [6.45, 7) is 16.0. The van der Waals surface area contributed by atoms with E-state index in [4.69, 9.17) is 12.2 Å². The highest BCUT2D eigenvalue weighted by Gasteiger charge is 2.42. The van der Waals surface area contributed by atoms with Crippen LogP contribution in [0.3, 0.4) is 0 Å². The second kappa shape index (κ2) is 22.8. The maximum Gasteiger partial charge on any atom is 0.323 e. The Labute approximate surface area is 449 Å². The Morgan fingerprint density at radius 1 is 0.770 bits per heavy atom. The summed E-state index contributed by atoms with van der Waals surface area (Å²) < 4.78 is 3.87. The number of carbonyl (C=O) groups excluding carboxylic acids is 1. The standard InChI is InChI=1S/C54H52N4O7S4.C5H12/c1-31(2)28-57-50(63)47(69-54(57)66)52-55(29-32(3)24-33(4)53(64)65)49(62)46(68-52)51-56(30-45(59)60)48(61)44(67-51)27-35-20-23-43-41(26-35)39-16-11-17-42(39)58(43)38-21-18-34(19-22-38)25-40(36-12-7-5-8-13-36)37-14-9-6-10-15-37;1-5(2,3)4/h5-10,12-15,18-23,25-27,31-33,39,42H,11,16-17,24,28-30H2,1-4H3,(H,59,60)(H,64,65);1-4H3/b44-27-,51-46+,52-47+;. The maximum absolute atomic E-state index is 14.6. The number of nitrogens with zero attached hydrogens (tertiary/aromatic N) is 4. The van der Waals surface area contributed by atoms with Gasteiger partial charge in [-0.05, 0) is 106 Å². The van der Waals surface area contributed by atoms with Crippen molar-refractivity contribution in [3.63, 3.8) is 0 Å². The van der Waals surface area contributed by atoms with Crippen LogP contribution in [0, 0.1) is 32.4 Å². The fourth-order valence-corrected chi connectivity index (χ4v) is 13.7. The summed E-state index contributed by atoms with van der Waals surface area (Å²) in [6, 6.07) is 36.1. The SMILES string of the molecule is CC(C)(C)C.CC(C)CN1C(=O)/C(=c2\s/c(=c3/s/c(=C\c4ccc5c(c4)C4CCCC4N5c4ccc(C=C(c5ccccc5)c5ccccc5)cc4)c(=O)n3CC(=O)O)c(=O)n2CC(C)CC(C)C(=O)O)SC1=S. The third kappa shape index (κ3) is 12.2. The summed E-state index contributed by atoms with van der Waals surface area (Å²) in [4.78, 5) is 71.2. The largest absolute Gasteiger partial charge is 0.481 e. The Balaban J connectivity index is 0.00000139. The predicted molar refractivity (Wildman–Crippen MR) is 306 cm³/mol. The molecule has 0 bridgehead atoms. The van der Waals surface area contributed by atoms with E-state index in [1.54, 1.807) is 13.0 Å². The van der Waals surface area contributed by atoms with Crippen molar-refractivity contribution in [3.8, 4) is 0 Å². The minimum atomic E-state index is -1.25. The number of fused-ring (bicyclic) bond motifs is 3. The Morgan fingerprint density at radius 3 is 1.99 bits per heavy atom. The van der Waals surface area contributed by atoms with E-state index in [0.29, 0.717) is 26.9 Å². The van der Waals surface area contributed by atoms with E-state index >= 15 is 0 Å². The molecule has 2 fully saturated rings. The minimum Gasteiger partial charge on any atom is -0.481 e. The molecular weight excluding hydrogens is 1000 g/mol. The highest BCUT2D eigenvalue weighted by atomic mass is 32.2. The number of carboxylic acids is 2. The average molecular weight is 1070 g/mol. The molecule has 4 unspecified atom stereocenters. The number of rotatable bonds is 14. The molecule has 4 heterocycles. The molecule has 0 spiro atoms. The van der Waals surface area contributed by atoms with Crippen LogP contribution in [0.15, 0.2) is 113 Å². The zero-order valence-corrected chi connectivity index (χ0v) is 46.4. The number of aromatic nitrogens is 2. The van der Waals surface area contributed by atoms with Crippen LogP contribution >= 0.6 is 46.7 Å². The van der Waals surface area contributed by atoms with E-state index in [0.717, 1.165) is 97.5 Å². The van der Waals surface area contributed by atoms with Crippen LogP contribution in [0.25, 0.3) is 22.6 Å². The van der Waals surface area contributed by atoms with Gasteiger partial charge in [0.05, 0.1) is 10.5 Å². The molecule has 9 rings (SSSR count). The zero-order valence-electron chi connectivity index (χ0n) is 43.2. The number of amides is 1. The third-order valence-electron chi connectivity index (χ3n) is 13.0. The molecule has 11 nitrogen and oxygen atoms in total. The van der Waals surface area contributed by atoms with Gasteiger partial charge < -0.3 is 15.1 Å². The molecule has 4 aromatic carbocycles. The van der Waals surface area contributed by atoms with Gasteiger partial charge in [-0.1, -0.05) is 165 Å². The van der Waals surface area contributed by atoms with Gasteiger partial charge >= 0.3 is 11.9 Å². The number of thiazole rings is 2. The fraction of sp³-hybridized carbons (Fsp3) is 0.356. The first-order valence-electron chi connectivity index (χ1n) is 25.2. The highest BCUT2D eigenvalue weighted by molar-refractivity contribution is 8.30. The fourth-order valence-electron chi connectivity index (χ4n) is 9.91. The molecular formula is C59H64N4O7S4. The Bertz CT molecular complexity index is 3430. The Kier molecular flexibility index (Phi) is 16.7. The quantitative estimate of drug-likeness (QED) is 0.0800. The lowest BCUT2D eigenvalue weighted by molar-refractivity contribution is -0.141. The Morgan fingerprint density at radius 2 is 1.39 bits per heavy atom. The first-order valence-corrected chi connectivity index (χ1v) is 28.1. The lowest BCUT2D eigenvalue weighted by atomic mass is 9.95. The number of hydrogen-bond acceptors (Lipinski definition) is 10. The van der Waals surface area contributed by atoms with Gasteiger partial charge in [0.25, 0.3) is 17.0 Å². The molecule has 1 saturated carbocycles. The molecule has 3 aliphatic rings. The number of benzene rings is 4. The topological polar surface area (TPSA) is 142 Å². The summed E-state index contributed by atoms with van der Waals surface area (Å²) in [5, 5.41) is 19.7. The normalized spacial score (nSPS) is 18.5. The smallest absolute Gasteiger partial charge is 0.323 e. The summed E-state index contributed by atoms with van der Waals surface area (Å²) in [6.07, 6.45) is 7.45. The van der Waals surface area contributed by atoms with Gasteiger partial charge in [-0.25, -0.2) is 0 Å². The van der Waals surface area contributed by atoms with E-state index in [2.05, 4.69) is 124 Å². The van der Waals surface area contributed by atoms with Crippen LogP contribution in [-0.2, 0) is 27.5 Å². The van der Waals surface area contributed by atoms with Crippen LogP contribution in [0.1, 0.15) is 115 Å². The summed E-state index contributed by atoms with van der Waals surface area (Å²) in [5.74, 6) is -3.07. The third-order valence-corrected chi connectivity index (χ3v) is 17.0. The number of thioether (sulfide) groups is 1. The van der Waals surface area contributed by atoms with E-state index in [-0.39, 0.29) is 55.4 Å². The molecule has 2 aliphatic heterocycles. The number of hydrogen-bond donors (Lipinski definition) is 2. The molecule has 6 aromatic rings. The lowest BCUT2D eigenvalue weighted by Gasteiger charge is -2.27. The van der Waals surface area contributed by atoms with Gasteiger partial charge in [0.1, 0.15) is 29.6 Å². The van der Waals surface area contributed by atoms with Crippen LogP contribution < -0.4 is 25.2 Å². The summed E-state index contributed by atoms with van der Waals surface area (Å²) in [7, 11) is 0. The van der Waals surface area contributed by atoms with Crippen LogP contribution in [-0.4, -0.2) is 59.0 Å². The van der Waals surface area contributed by atoms with Crippen molar-refractivity contribution in [2.45, 2.75) is 106 Å². The van der Waals surface area contributed by atoms with Crippen molar-refractivity contribution >= 4 is 103 Å². The van der Waals surface area contributed by atoms with Crippen molar-refractivity contribution in [1.82, 2.24) is 14.0 Å². The van der Waals surface area contributed by atoms with E-state index < -0.39 is 35.5 Å². The van der Waals surface area contributed by atoms with Gasteiger partial charge in [-0.15, -0.1) is 22.7 Å². The van der Waals surface area contributed by atoms with Crippen molar-refractivity contribution in [2.75, 3.05) is 11.4 Å². The number of carboxylic acid groups (broad SMARTS) is 2. The molecule has 0 radical (unpaired) electrons. The molecule has 2 aromatic heterocycles. The zero-order chi connectivity index (χ0) is 53.2. The molecule has 15 heteroatoms. The van der Waals surface area contributed by atoms with Gasteiger partial charge in [0.2, 0.25) is 0 Å². The Hall–Kier alpha value is -6.13. The van der Waals surface area contributed by atoms with Crippen molar-refractivity contribution in [3.05, 3.63) is 170 Å². The van der Waals surface area contributed by atoms with Crippen molar-refractivity contribution in [2.24, 2.45) is 23.2 Å². The molecule has 74 heavy (non-hydrogen) atoms. The van der Waals surface area contributed by atoms with Crippen LogP contribution in [0.4, 0.5) is 11.4 Å². The molecule has 1 saturated heterocycles. The van der Waals surface area contributed by atoms with E-state index in [1.807, 2.05) is 39.0 Å².